The number of carbonyl (C=O) groups excluding carboxylic acids is 2. The molecular formula is C25H20N4O3. The maximum atomic E-state index is 12.8. The maximum Gasteiger partial charge on any atom is 0.265 e. The topological polar surface area (TPSA) is 96.1 Å². The van der Waals surface area contributed by atoms with Crippen LogP contribution in [0.1, 0.15) is 15.9 Å². The number of H-pyrrole nitrogens is 1. The SMILES string of the molecule is O=C(Nc1cn[nH]c1-c1ccccc1)c1cccc(NC(=O)C2Cc3ccccc3O2)c1. The highest BCUT2D eigenvalue weighted by molar-refractivity contribution is 6.07. The highest BCUT2D eigenvalue weighted by atomic mass is 16.5. The van der Waals surface area contributed by atoms with Crippen LogP contribution in [0.3, 0.4) is 0 Å². The van der Waals surface area contributed by atoms with Crippen LogP contribution >= 0.6 is 0 Å². The highest BCUT2D eigenvalue weighted by Gasteiger charge is 2.28. The van der Waals surface area contributed by atoms with Gasteiger partial charge in [-0.15, -0.1) is 0 Å². The molecule has 0 bridgehead atoms. The van der Waals surface area contributed by atoms with E-state index in [-0.39, 0.29) is 11.8 Å². The van der Waals surface area contributed by atoms with Crippen molar-refractivity contribution in [3.05, 3.63) is 96.2 Å². The van der Waals surface area contributed by atoms with Crippen LogP contribution in [-0.4, -0.2) is 28.1 Å². The summed E-state index contributed by atoms with van der Waals surface area (Å²) in [5.74, 6) is 0.180. The molecular weight excluding hydrogens is 404 g/mol. The third kappa shape index (κ3) is 3.96. The fraction of sp³-hybridized carbons (Fsp3) is 0.0800. The summed E-state index contributed by atoms with van der Waals surface area (Å²) in [7, 11) is 0. The fourth-order valence-corrected chi connectivity index (χ4v) is 3.69. The Labute approximate surface area is 184 Å². The number of anilines is 2. The van der Waals surface area contributed by atoms with Gasteiger partial charge in [0.2, 0.25) is 0 Å². The molecule has 4 aromatic rings. The molecule has 1 aromatic heterocycles. The van der Waals surface area contributed by atoms with Crippen molar-refractivity contribution in [2.45, 2.75) is 12.5 Å². The first-order valence-corrected chi connectivity index (χ1v) is 10.2. The van der Waals surface area contributed by atoms with Gasteiger partial charge < -0.3 is 15.4 Å². The molecule has 32 heavy (non-hydrogen) atoms. The average Bonchev–Trinajstić information content (AvgIpc) is 3.47. The standard InChI is InChI=1S/C25H20N4O3/c30-24(28-20-15-26-29-23(20)16-7-2-1-3-8-16)18-10-6-11-19(13-18)27-25(31)22-14-17-9-4-5-12-21(17)32-22/h1-13,15,22H,14H2,(H,26,29)(H,27,31)(H,28,30). The van der Waals surface area contributed by atoms with Gasteiger partial charge in [0.25, 0.3) is 11.8 Å². The number of rotatable bonds is 5. The number of benzene rings is 3. The molecule has 1 aliphatic rings. The first kappa shape index (κ1) is 19.6. The van der Waals surface area contributed by atoms with E-state index in [4.69, 9.17) is 4.74 Å². The minimum absolute atomic E-state index is 0.250. The molecule has 158 valence electrons. The van der Waals surface area contributed by atoms with E-state index in [9.17, 15) is 9.59 Å². The second-order valence-corrected chi connectivity index (χ2v) is 7.47. The van der Waals surface area contributed by atoms with Gasteiger partial charge in [0.15, 0.2) is 6.10 Å². The lowest BCUT2D eigenvalue weighted by molar-refractivity contribution is -0.122. The van der Waals surface area contributed by atoms with Gasteiger partial charge in [0.05, 0.1) is 17.6 Å². The quantitative estimate of drug-likeness (QED) is 0.446. The van der Waals surface area contributed by atoms with E-state index >= 15 is 0 Å². The van der Waals surface area contributed by atoms with Crippen LogP contribution in [0.25, 0.3) is 11.3 Å². The van der Waals surface area contributed by atoms with Crippen LogP contribution in [0.5, 0.6) is 5.75 Å². The molecule has 0 radical (unpaired) electrons. The zero-order valence-electron chi connectivity index (χ0n) is 17.0. The van der Waals surface area contributed by atoms with Crippen molar-refractivity contribution in [3.63, 3.8) is 0 Å². The Hall–Kier alpha value is -4.39. The van der Waals surface area contributed by atoms with Gasteiger partial charge in [-0.3, -0.25) is 14.7 Å². The van der Waals surface area contributed by atoms with E-state index < -0.39 is 6.10 Å². The first-order chi connectivity index (χ1) is 15.7. The van der Waals surface area contributed by atoms with Gasteiger partial charge in [-0.05, 0) is 29.8 Å². The summed E-state index contributed by atoms with van der Waals surface area (Å²) in [5, 5.41) is 12.7. The van der Waals surface area contributed by atoms with Crippen LogP contribution in [0.4, 0.5) is 11.4 Å². The van der Waals surface area contributed by atoms with Gasteiger partial charge >= 0.3 is 0 Å². The lowest BCUT2D eigenvalue weighted by atomic mass is 10.1. The van der Waals surface area contributed by atoms with Crippen LogP contribution in [0.2, 0.25) is 0 Å². The summed E-state index contributed by atoms with van der Waals surface area (Å²) >= 11 is 0. The summed E-state index contributed by atoms with van der Waals surface area (Å²) in [4.78, 5) is 25.5. The zero-order chi connectivity index (χ0) is 21.9. The van der Waals surface area contributed by atoms with Crippen molar-refractivity contribution in [3.8, 4) is 17.0 Å². The van der Waals surface area contributed by atoms with Gasteiger partial charge in [-0.25, -0.2) is 0 Å². The molecule has 3 N–H and O–H groups in total. The molecule has 0 spiro atoms. The van der Waals surface area contributed by atoms with Crippen molar-refractivity contribution in [2.75, 3.05) is 10.6 Å². The molecule has 2 heterocycles. The summed E-state index contributed by atoms with van der Waals surface area (Å²) in [6, 6.07) is 24.0. The van der Waals surface area contributed by atoms with Crippen LogP contribution in [0.15, 0.2) is 85.1 Å². The Morgan fingerprint density at radius 2 is 1.75 bits per heavy atom. The van der Waals surface area contributed by atoms with Crippen LogP contribution < -0.4 is 15.4 Å². The van der Waals surface area contributed by atoms with E-state index in [0.29, 0.717) is 23.4 Å². The van der Waals surface area contributed by atoms with Crippen molar-refractivity contribution < 1.29 is 14.3 Å². The number of hydrogen-bond acceptors (Lipinski definition) is 4. The molecule has 5 rings (SSSR count). The molecule has 0 saturated heterocycles. The Kier molecular flexibility index (Phi) is 5.13. The lowest BCUT2D eigenvalue weighted by Gasteiger charge is -2.12. The predicted molar refractivity (Wildman–Crippen MR) is 122 cm³/mol. The normalized spacial score (nSPS) is 14.3. The monoisotopic (exact) mass is 424 g/mol. The second kappa shape index (κ2) is 8.39. The number of ether oxygens (including phenoxy) is 1. The summed E-state index contributed by atoms with van der Waals surface area (Å²) in [6.45, 7) is 0. The first-order valence-electron chi connectivity index (χ1n) is 10.2. The molecule has 1 atom stereocenters. The van der Waals surface area contributed by atoms with Crippen molar-refractivity contribution in [1.82, 2.24) is 10.2 Å². The molecule has 7 nitrogen and oxygen atoms in total. The van der Waals surface area contributed by atoms with Gasteiger partial charge in [-0.1, -0.05) is 54.6 Å². The molecule has 2 amide bonds. The average molecular weight is 424 g/mol. The van der Waals surface area contributed by atoms with E-state index in [1.54, 1.807) is 30.5 Å². The van der Waals surface area contributed by atoms with Crippen molar-refractivity contribution in [2.24, 2.45) is 0 Å². The van der Waals surface area contributed by atoms with E-state index in [1.165, 1.54) is 0 Å². The highest BCUT2D eigenvalue weighted by Crippen LogP contribution is 2.29. The zero-order valence-corrected chi connectivity index (χ0v) is 17.0. The number of aromatic nitrogens is 2. The minimum Gasteiger partial charge on any atom is -0.480 e. The Morgan fingerprint density at radius 1 is 0.938 bits per heavy atom. The molecule has 3 aromatic carbocycles. The van der Waals surface area contributed by atoms with E-state index in [2.05, 4.69) is 20.8 Å². The second-order valence-electron chi connectivity index (χ2n) is 7.47. The summed E-state index contributed by atoms with van der Waals surface area (Å²) < 4.78 is 5.74. The van der Waals surface area contributed by atoms with E-state index in [0.717, 1.165) is 22.6 Å². The summed E-state index contributed by atoms with van der Waals surface area (Å²) in [5.41, 5.74) is 4.17. The Morgan fingerprint density at radius 3 is 2.59 bits per heavy atom. The smallest absolute Gasteiger partial charge is 0.265 e. The summed E-state index contributed by atoms with van der Waals surface area (Å²) in [6.07, 6.45) is 1.50. The number of carbonyl (C=O) groups is 2. The number of para-hydroxylation sites is 1. The minimum atomic E-state index is -0.593. The lowest BCUT2D eigenvalue weighted by Crippen LogP contribution is -2.31. The van der Waals surface area contributed by atoms with Gasteiger partial charge in [0.1, 0.15) is 5.75 Å². The van der Waals surface area contributed by atoms with Crippen LogP contribution in [-0.2, 0) is 11.2 Å². The number of nitrogens with zero attached hydrogens (tertiary/aromatic N) is 1. The number of fused-ring (bicyclic) bond motifs is 1. The van der Waals surface area contributed by atoms with E-state index in [1.807, 2.05) is 54.6 Å². The number of aromatic amines is 1. The molecule has 0 fully saturated rings. The largest absolute Gasteiger partial charge is 0.480 e. The van der Waals surface area contributed by atoms with Gasteiger partial charge in [-0.2, -0.15) is 5.10 Å². The van der Waals surface area contributed by atoms with Crippen molar-refractivity contribution in [1.29, 1.82) is 0 Å². The molecule has 1 aliphatic heterocycles. The maximum absolute atomic E-state index is 12.8. The molecule has 0 saturated carbocycles. The van der Waals surface area contributed by atoms with Crippen molar-refractivity contribution >= 4 is 23.2 Å². The predicted octanol–water partition coefficient (Wildman–Crippen LogP) is 4.27. The Bertz CT molecular complexity index is 1260. The molecule has 1 unspecified atom stereocenters. The molecule has 0 aliphatic carbocycles. The number of amides is 2. The third-order valence-corrected chi connectivity index (χ3v) is 5.28. The third-order valence-electron chi connectivity index (χ3n) is 5.28. The number of hydrogen-bond donors (Lipinski definition) is 3. The molecule has 7 heteroatoms. The Balaban J connectivity index is 1.27. The van der Waals surface area contributed by atoms with Crippen LogP contribution in [0, 0.1) is 0 Å². The fourth-order valence-electron chi connectivity index (χ4n) is 3.69. The van der Waals surface area contributed by atoms with Gasteiger partial charge in [0, 0.05) is 23.2 Å². The number of nitrogens with one attached hydrogen (secondary N) is 3.